The SMILES string of the molecule is CN[C@@H](C)c1nn(C)c(=O)c2cc(F)c(F)cc12. The van der Waals surface area contributed by atoms with Crippen LogP contribution in [-0.4, -0.2) is 16.8 Å². The molecule has 96 valence electrons. The Morgan fingerprint density at radius 1 is 1.28 bits per heavy atom. The van der Waals surface area contributed by atoms with Crippen molar-refractivity contribution in [1.82, 2.24) is 15.1 Å². The third kappa shape index (κ3) is 1.88. The zero-order chi connectivity index (χ0) is 13.4. The largest absolute Gasteiger partial charge is 0.312 e. The molecule has 6 heteroatoms. The molecule has 1 aromatic heterocycles. The van der Waals surface area contributed by atoms with Crippen LogP contribution in [0.5, 0.6) is 0 Å². The summed E-state index contributed by atoms with van der Waals surface area (Å²) in [5, 5.41) is 7.52. The second kappa shape index (κ2) is 4.45. The highest BCUT2D eigenvalue weighted by atomic mass is 19.2. The van der Waals surface area contributed by atoms with Gasteiger partial charge in [-0.1, -0.05) is 0 Å². The maximum absolute atomic E-state index is 13.3. The molecule has 18 heavy (non-hydrogen) atoms. The van der Waals surface area contributed by atoms with Crippen molar-refractivity contribution in [3.8, 4) is 0 Å². The summed E-state index contributed by atoms with van der Waals surface area (Å²) in [4.78, 5) is 11.8. The lowest BCUT2D eigenvalue weighted by Gasteiger charge is -2.14. The van der Waals surface area contributed by atoms with Crippen molar-refractivity contribution in [2.75, 3.05) is 7.05 Å². The van der Waals surface area contributed by atoms with Crippen LogP contribution in [0.25, 0.3) is 10.8 Å². The number of nitrogens with zero attached hydrogens (tertiary/aromatic N) is 2. The summed E-state index contributed by atoms with van der Waals surface area (Å²) in [5.41, 5.74) is 0.0597. The van der Waals surface area contributed by atoms with Crippen molar-refractivity contribution in [2.24, 2.45) is 7.05 Å². The Kier molecular flexibility index (Phi) is 3.13. The molecular weight excluding hydrogens is 240 g/mol. The van der Waals surface area contributed by atoms with Gasteiger partial charge >= 0.3 is 0 Å². The van der Waals surface area contributed by atoms with Gasteiger partial charge in [-0.2, -0.15) is 5.10 Å². The van der Waals surface area contributed by atoms with E-state index in [0.717, 1.165) is 16.8 Å². The van der Waals surface area contributed by atoms with Gasteiger partial charge in [0.25, 0.3) is 5.56 Å². The molecule has 1 heterocycles. The van der Waals surface area contributed by atoms with Gasteiger partial charge in [-0.25, -0.2) is 13.5 Å². The highest BCUT2D eigenvalue weighted by molar-refractivity contribution is 5.84. The Balaban J connectivity index is 2.92. The predicted octanol–water partition coefficient (Wildman–Crippen LogP) is 1.49. The van der Waals surface area contributed by atoms with Crippen LogP contribution in [0.3, 0.4) is 0 Å². The first-order chi connectivity index (χ1) is 8.45. The van der Waals surface area contributed by atoms with E-state index in [0.29, 0.717) is 11.1 Å². The van der Waals surface area contributed by atoms with Crippen LogP contribution < -0.4 is 10.9 Å². The first kappa shape index (κ1) is 12.6. The van der Waals surface area contributed by atoms with E-state index < -0.39 is 17.2 Å². The smallest absolute Gasteiger partial charge is 0.274 e. The maximum Gasteiger partial charge on any atom is 0.274 e. The molecule has 0 amide bonds. The molecular formula is C12H13F2N3O. The van der Waals surface area contributed by atoms with E-state index in [2.05, 4.69) is 10.4 Å². The van der Waals surface area contributed by atoms with Crippen LogP contribution in [0.4, 0.5) is 8.78 Å². The summed E-state index contributed by atoms with van der Waals surface area (Å²) in [6, 6.07) is 1.76. The lowest BCUT2D eigenvalue weighted by atomic mass is 10.1. The minimum Gasteiger partial charge on any atom is -0.312 e. The third-order valence-electron chi connectivity index (χ3n) is 2.96. The average molecular weight is 253 g/mol. The number of hydrogen-bond acceptors (Lipinski definition) is 3. The molecule has 0 saturated heterocycles. The van der Waals surface area contributed by atoms with E-state index in [1.807, 2.05) is 6.92 Å². The molecule has 4 nitrogen and oxygen atoms in total. The van der Waals surface area contributed by atoms with Gasteiger partial charge in [0.2, 0.25) is 0 Å². The van der Waals surface area contributed by atoms with Crippen molar-refractivity contribution in [1.29, 1.82) is 0 Å². The fourth-order valence-corrected chi connectivity index (χ4v) is 1.83. The van der Waals surface area contributed by atoms with Gasteiger partial charge in [0.1, 0.15) is 0 Å². The summed E-state index contributed by atoms with van der Waals surface area (Å²) in [5.74, 6) is -2.02. The van der Waals surface area contributed by atoms with Crippen molar-refractivity contribution in [3.05, 3.63) is 39.8 Å². The first-order valence-electron chi connectivity index (χ1n) is 5.49. The minimum atomic E-state index is -1.03. The number of aromatic nitrogens is 2. The average Bonchev–Trinajstić information content (AvgIpc) is 2.35. The van der Waals surface area contributed by atoms with Gasteiger partial charge in [-0.05, 0) is 26.1 Å². The highest BCUT2D eigenvalue weighted by Gasteiger charge is 2.16. The van der Waals surface area contributed by atoms with Crippen molar-refractivity contribution in [3.63, 3.8) is 0 Å². The fourth-order valence-electron chi connectivity index (χ4n) is 1.83. The Labute approximate surface area is 102 Å². The molecule has 0 fully saturated rings. The quantitative estimate of drug-likeness (QED) is 0.882. The molecule has 2 rings (SSSR count). The molecule has 1 N–H and O–H groups in total. The lowest BCUT2D eigenvalue weighted by molar-refractivity contribution is 0.509. The normalized spacial score (nSPS) is 12.9. The zero-order valence-electron chi connectivity index (χ0n) is 10.3. The number of hydrogen-bond donors (Lipinski definition) is 1. The summed E-state index contributed by atoms with van der Waals surface area (Å²) < 4.78 is 27.6. The molecule has 0 aliphatic carbocycles. The van der Waals surface area contributed by atoms with Crippen molar-refractivity contribution >= 4 is 10.8 Å². The van der Waals surface area contributed by atoms with Crippen LogP contribution >= 0.6 is 0 Å². The third-order valence-corrected chi connectivity index (χ3v) is 2.96. The number of halogens is 2. The Morgan fingerprint density at radius 2 is 1.83 bits per heavy atom. The van der Waals surface area contributed by atoms with Crippen LogP contribution in [0.15, 0.2) is 16.9 Å². The number of nitrogens with one attached hydrogen (secondary N) is 1. The monoisotopic (exact) mass is 253 g/mol. The lowest BCUT2D eigenvalue weighted by Crippen LogP contribution is -2.25. The first-order valence-corrected chi connectivity index (χ1v) is 5.49. The van der Waals surface area contributed by atoms with E-state index in [4.69, 9.17) is 0 Å². The standard InChI is InChI=1S/C12H13F2N3O/c1-6(15-2)11-7-4-9(13)10(14)5-8(7)12(18)17(3)16-11/h4-6,15H,1-3H3/t6-/m0/s1. The fraction of sp³-hybridized carbons (Fsp3) is 0.333. The number of fused-ring (bicyclic) bond motifs is 1. The van der Waals surface area contributed by atoms with Gasteiger partial charge in [0, 0.05) is 18.5 Å². The van der Waals surface area contributed by atoms with E-state index in [1.165, 1.54) is 7.05 Å². The number of rotatable bonds is 2. The Morgan fingerprint density at radius 3 is 2.39 bits per heavy atom. The van der Waals surface area contributed by atoms with Gasteiger partial charge in [-0.3, -0.25) is 4.79 Å². The molecule has 0 aliphatic rings. The minimum absolute atomic E-state index is 0.128. The van der Waals surface area contributed by atoms with Crippen molar-refractivity contribution < 1.29 is 8.78 Å². The van der Waals surface area contributed by atoms with E-state index in [1.54, 1.807) is 7.05 Å². The van der Waals surface area contributed by atoms with Crippen LogP contribution in [0, 0.1) is 11.6 Å². The molecule has 0 saturated carbocycles. The highest BCUT2D eigenvalue weighted by Crippen LogP contribution is 2.22. The van der Waals surface area contributed by atoms with Gasteiger partial charge in [-0.15, -0.1) is 0 Å². The van der Waals surface area contributed by atoms with Gasteiger partial charge < -0.3 is 5.32 Å². The van der Waals surface area contributed by atoms with Crippen molar-refractivity contribution in [2.45, 2.75) is 13.0 Å². The molecule has 0 aliphatic heterocycles. The Bertz CT molecular complexity index is 666. The van der Waals surface area contributed by atoms with Crippen LogP contribution in [0.2, 0.25) is 0 Å². The van der Waals surface area contributed by atoms with Gasteiger partial charge in [0.05, 0.1) is 11.1 Å². The second-order valence-electron chi connectivity index (χ2n) is 4.14. The molecule has 0 bridgehead atoms. The van der Waals surface area contributed by atoms with E-state index in [9.17, 15) is 13.6 Å². The number of aryl methyl sites for hydroxylation is 1. The zero-order valence-corrected chi connectivity index (χ0v) is 10.3. The molecule has 2 aromatic rings. The molecule has 0 unspecified atom stereocenters. The van der Waals surface area contributed by atoms with E-state index >= 15 is 0 Å². The summed E-state index contributed by atoms with van der Waals surface area (Å²) in [6.07, 6.45) is 0. The summed E-state index contributed by atoms with van der Waals surface area (Å²) in [6.45, 7) is 1.83. The summed E-state index contributed by atoms with van der Waals surface area (Å²) >= 11 is 0. The topological polar surface area (TPSA) is 46.9 Å². The predicted molar refractivity (Wildman–Crippen MR) is 64.4 cm³/mol. The molecule has 0 radical (unpaired) electrons. The van der Waals surface area contributed by atoms with Crippen LogP contribution in [-0.2, 0) is 7.05 Å². The Hall–Kier alpha value is -1.82. The number of benzene rings is 1. The molecule has 0 spiro atoms. The second-order valence-corrected chi connectivity index (χ2v) is 4.14. The van der Waals surface area contributed by atoms with Crippen LogP contribution in [0.1, 0.15) is 18.7 Å². The molecule has 1 aromatic carbocycles. The molecule has 1 atom stereocenters. The van der Waals surface area contributed by atoms with Gasteiger partial charge in [0.15, 0.2) is 11.6 Å². The summed E-state index contributed by atoms with van der Waals surface area (Å²) in [7, 11) is 3.21. The van der Waals surface area contributed by atoms with E-state index in [-0.39, 0.29) is 11.4 Å². The maximum atomic E-state index is 13.3.